The number of carbonyl (C=O) groups excluding carboxylic acids is 1. The van der Waals surface area contributed by atoms with Crippen molar-refractivity contribution in [3.8, 4) is 11.5 Å². The zero-order valence-corrected chi connectivity index (χ0v) is 21.5. The highest BCUT2D eigenvalue weighted by Gasteiger charge is 2.15. The fourth-order valence-corrected chi connectivity index (χ4v) is 3.87. The van der Waals surface area contributed by atoms with Crippen molar-refractivity contribution in [2.45, 2.75) is 46.3 Å². The van der Waals surface area contributed by atoms with Crippen molar-refractivity contribution in [2.75, 3.05) is 26.7 Å². The van der Waals surface area contributed by atoms with Gasteiger partial charge in [-0.05, 0) is 69.7 Å². The fourth-order valence-electron chi connectivity index (χ4n) is 3.46. The van der Waals surface area contributed by atoms with Crippen molar-refractivity contribution in [1.82, 2.24) is 10.2 Å². The van der Waals surface area contributed by atoms with Gasteiger partial charge in [0.25, 0.3) is 5.91 Å². The number of aliphatic imine (C=N–C) groups is 1. The van der Waals surface area contributed by atoms with Crippen LogP contribution >= 0.6 is 15.9 Å². The summed E-state index contributed by atoms with van der Waals surface area (Å²) in [6.07, 6.45) is 1.94. The smallest absolute Gasteiger partial charge is 0.261 e. The Morgan fingerprint density at radius 2 is 1.91 bits per heavy atom. The largest absolute Gasteiger partial charge is 0.496 e. The highest BCUT2D eigenvalue weighted by Crippen LogP contribution is 2.26. The third-order valence-corrected chi connectivity index (χ3v) is 5.84. The van der Waals surface area contributed by atoms with Crippen LogP contribution in [0.25, 0.3) is 0 Å². The molecule has 0 saturated heterocycles. The lowest BCUT2D eigenvalue weighted by atomic mass is 10.1. The summed E-state index contributed by atoms with van der Waals surface area (Å²) < 4.78 is 12.3. The zero-order valence-electron chi connectivity index (χ0n) is 19.9. The first kappa shape index (κ1) is 26.7. The lowest BCUT2D eigenvalue weighted by molar-refractivity contribution is 0.0972. The molecule has 0 aliphatic rings. The van der Waals surface area contributed by atoms with E-state index >= 15 is 0 Å². The van der Waals surface area contributed by atoms with E-state index in [2.05, 4.69) is 45.0 Å². The summed E-state index contributed by atoms with van der Waals surface area (Å²) in [5.41, 5.74) is 7.26. The van der Waals surface area contributed by atoms with Gasteiger partial charge in [0.2, 0.25) is 0 Å². The maximum atomic E-state index is 12.8. The topological polar surface area (TPSA) is 89.2 Å². The van der Waals surface area contributed by atoms with Gasteiger partial charge in [0, 0.05) is 10.0 Å². The molecule has 7 nitrogen and oxygen atoms in total. The monoisotopic (exact) mass is 518 g/mol. The van der Waals surface area contributed by atoms with Gasteiger partial charge in [-0.25, -0.2) is 0 Å². The number of carbonyl (C=O) groups is 1. The second kappa shape index (κ2) is 13.9. The second-order valence-electron chi connectivity index (χ2n) is 7.73. The quantitative estimate of drug-likeness (QED) is 0.316. The van der Waals surface area contributed by atoms with Crippen LogP contribution in [-0.2, 0) is 6.61 Å². The van der Waals surface area contributed by atoms with Gasteiger partial charge in [-0.15, -0.1) is 0 Å². The Morgan fingerprint density at radius 3 is 2.61 bits per heavy atom. The number of benzene rings is 2. The van der Waals surface area contributed by atoms with Crippen LogP contribution in [0.15, 0.2) is 51.9 Å². The lowest BCUT2D eigenvalue weighted by Gasteiger charge is -2.18. The Morgan fingerprint density at radius 1 is 1.18 bits per heavy atom. The molecular weight excluding hydrogens is 484 g/mol. The van der Waals surface area contributed by atoms with Crippen LogP contribution in [0, 0.1) is 0 Å². The molecule has 2 aromatic rings. The second-order valence-corrected chi connectivity index (χ2v) is 8.64. The Balaban J connectivity index is 1.98. The number of guanidine groups is 1. The number of nitrogens with zero attached hydrogens (tertiary/aromatic N) is 2. The summed E-state index contributed by atoms with van der Waals surface area (Å²) in [5, 5.41) is 2.69. The zero-order chi connectivity index (χ0) is 24.2. The van der Waals surface area contributed by atoms with E-state index < -0.39 is 0 Å². The molecule has 1 unspecified atom stereocenters. The average molecular weight is 519 g/mol. The van der Waals surface area contributed by atoms with Crippen molar-refractivity contribution < 1.29 is 14.3 Å². The summed E-state index contributed by atoms with van der Waals surface area (Å²) in [6.45, 7) is 9.70. The van der Waals surface area contributed by atoms with Crippen molar-refractivity contribution in [3.05, 3.63) is 58.1 Å². The van der Waals surface area contributed by atoms with Gasteiger partial charge in [-0.2, -0.15) is 0 Å². The van der Waals surface area contributed by atoms with E-state index in [9.17, 15) is 4.79 Å². The van der Waals surface area contributed by atoms with Crippen LogP contribution in [0.3, 0.4) is 0 Å². The van der Waals surface area contributed by atoms with Gasteiger partial charge in [0.1, 0.15) is 18.1 Å². The van der Waals surface area contributed by atoms with Crippen LogP contribution in [0.4, 0.5) is 0 Å². The minimum atomic E-state index is -0.358. The van der Waals surface area contributed by atoms with E-state index in [1.807, 2.05) is 31.2 Å². The molecule has 0 aromatic heterocycles. The van der Waals surface area contributed by atoms with Gasteiger partial charge in [0.05, 0.1) is 18.7 Å². The molecule has 180 valence electrons. The molecule has 3 N–H and O–H groups in total. The average Bonchev–Trinajstić information content (AvgIpc) is 2.80. The Labute approximate surface area is 205 Å². The number of amides is 1. The molecule has 1 atom stereocenters. The third kappa shape index (κ3) is 8.70. The third-order valence-electron chi connectivity index (χ3n) is 5.35. The first-order valence-corrected chi connectivity index (χ1v) is 12.1. The highest BCUT2D eigenvalue weighted by atomic mass is 79.9. The molecular formula is C25H35BrN4O3. The van der Waals surface area contributed by atoms with Gasteiger partial charge in [-0.3, -0.25) is 15.1 Å². The summed E-state index contributed by atoms with van der Waals surface area (Å²) in [5.74, 6) is 0.922. The molecule has 0 aliphatic heterocycles. The normalized spacial score (nSPS) is 12.5. The van der Waals surface area contributed by atoms with E-state index in [4.69, 9.17) is 15.2 Å². The number of rotatable bonds is 12. The molecule has 0 bridgehead atoms. The Kier molecular flexibility index (Phi) is 11.2. The van der Waals surface area contributed by atoms with E-state index in [0.29, 0.717) is 17.1 Å². The van der Waals surface area contributed by atoms with E-state index in [1.165, 1.54) is 0 Å². The summed E-state index contributed by atoms with van der Waals surface area (Å²) >= 11 is 3.46. The first-order chi connectivity index (χ1) is 15.9. The predicted octanol–water partition coefficient (Wildman–Crippen LogP) is 4.59. The molecule has 0 fully saturated rings. The number of hydrogen-bond acceptors (Lipinski definition) is 5. The number of para-hydroxylation sites is 1. The van der Waals surface area contributed by atoms with Crippen molar-refractivity contribution in [2.24, 2.45) is 10.7 Å². The standard InChI is InChI=1S/C25H35BrN4O3/c1-5-30(6-2)15-9-10-18(3)28-25(27)29-24(31)21-11-7-8-12-23(21)33-17-19-16-20(26)13-14-22(19)32-4/h7-8,11-14,16,18H,5-6,9-10,15,17H2,1-4H3,(H3,27,28,29,31). The molecule has 0 saturated carbocycles. The summed E-state index contributed by atoms with van der Waals surface area (Å²) in [4.78, 5) is 19.6. The van der Waals surface area contributed by atoms with Crippen LogP contribution in [0.5, 0.6) is 11.5 Å². The van der Waals surface area contributed by atoms with Crippen molar-refractivity contribution >= 4 is 27.8 Å². The van der Waals surface area contributed by atoms with Crippen LogP contribution in [0.2, 0.25) is 0 Å². The molecule has 0 aliphatic carbocycles. The number of methoxy groups -OCH3 is 1. The number of nitrogens with one attached hydrogen (secondary N) is 1. The van der Waals surface area contributed by atoms with Crippen LogP contribution in [-0.4, -0.2) is 49.6 Å². The van der Waals surface area contributed by atoms with Gasteiger partial charge < -0.3 is 20.1 Å². The first-order valence-electron chi connectivity index (χ1n) is 11.3. The Hall–Kier alpha value is -2.58. The van der Waals surface area contributed by atoms with Gasteiger partial charge >= 0.3 is 0 Å². The van der Waals surface area contributed by atoms with E-state index in [1.54, 1.807) is 25.3 Å². The minimum absolute atomic E-state index is 0.0244. The minimum Gasteiger partial charge on any atom is -0.496 e. The highest BCUT2D eigenvalue weighted by molar-refractivity contribution is 9.10. The molecule has 8 heteroatoms. The molecule has 1 amide bonds. The summed E-state index contributed by atoms with van der Waals surface area (Å²) in [7, 11) is 1.61. The van der Waals surface area contributed by atoms with Crippen LogP contribution in [0.1, 0.15) is 49.5 Å². The molecule has 2 rings (SSSR count). The molecule has 0 radical (unpaired) electrons. The molecule has 2 aromatic carbocycles. The molecule has 0 spiro atoms. The predicted molar refractivity (Wildman–Crippen MR) is 137 cm³/mol. The number of halogens is 1. The number of hydrogen-bond donors (Lipinski definition) is 2. The molecule has 33 heavy (non-hydrogen) atoms. The molecule has 0 heterocycles. The van der Waals surface area contributed by atoms with Gasteiger partial charge in [-0.1, -0.05) is 41.9 Å². The maximum absolute atomic E-state index is 12.8. The van der Waals surface area contributed by atoms with Crippen LogP contribution < -0.4 is 20.5 Å². The lowest BCUT2D eigenvalue weighted by Crippen LogP contribution is -2.37. The van der Waals surface area contributed by atoms with E-state index in [-0.39, 0.29) is 24.5 Å². The summed E-state index contributed by atoms with van der Waals surface area (Å²) in [6, 6.07) is 12.8. The van der Waals surface area contributed by atoms with Gasteiger partial charge in [0.15, 0.2) is 5.96 Å². The maximum Gasteiger partial charge on any atom is 0.261 e. The Bertz CT molecular complexity index is 932. The van der Waals surface area contributed by atoms with Crippen molar-refractivity contribution in [1.29, 1.82) is 0 Å². The number of ether oxygens (including phenoxy) is 2. The van der Waals surface area contributed by atoms with Crippen molar-refractivity contribution in [3.63, 3.8) is 0 Å². The SMILES string of the molecule is CCN(CC)CCCC(C)N=C(N)NC(=O)c1ccccc1OCc1cc(Br)ccc1OC. The fraction of sp³-hybridized carbons (Fsp3) is 0.440. The van der Waals surface area contributed by atoms with E-state index in [0.717, 1.165) is 42.5 Å². The number of nitrogens with two attached hydrogens (primary N) is 1.